The lowest BCUT2D eigenvalue weighted by Crippen LogP contribution is -2.29. The fourth-order valence-electron chi connectivity index (χ4n) is 5.19. The maximum absolute atomic E-state index is 5.71. The molecule has 5 heteroatoms. The highest BCUT2D eigenvalue weighted by molar-refractivity contribution is 5.68. The van der Waals surface area contributed by atoms with E-state index in [1.807, 2.05) is 6.07 Å². The van der Waals surface area contributed by atoms with E-state index in [1.165, 1.54) is 16.8 Å². The van der Waals surface area contributed by atoms with E-state index in [4.69, 9.17) is 14.5 Å². The third kappa shape index (κ3) is 5.63. The zero-order chi connectivity index (χ0) is 26.3. The third-order valence-electron chi connectivity index (χ3n) is 7.47. The molecule has 1 aliphatic rings. The van der Waals surface area contributed by atoms with Gasteiger partial charge >= 0.3 is 0 Å². The van der Waals surface area contributed by atoms with Crippen molar-refractivity contribution in [2.75, 3.05) is 13.3 Å². The van der Waals surface area contributed by atoms with Crippen LogP contribution < -0.4 is 9.47 Å². The SMILES string of the molecule is CCCCN(Cc1c(-c2ccccc2)nc(-c2ccccc2)n1CCCC)C(C)c1ccc2c(c1)OCO2. The van der Waals surface area contributed by atoms with Gasteiger partial charge in [0.2, 0.25) is 6.79 Å². The van der Waals surface area contributed by atoms with Crippen LogP contribution in [0.5, 0.6) is 11.5 Å². The van der Waals surface area contributed by atoms with Crippen molar-refractivity contribution in [2.24, 2.45) is 0 Å². The number of benzene rings is 3. The fraction of sp³-hybridized carbons (Fsp3) is 0.364. The second-order valence-electron chi connectivity index (χ2n) is 10.1. The molecule has 3 aromatic carbocycles. The van der Waals surface area contributed by atoms with Crippen LogP contribution in [0.25, 0.3) is 22.6 Å². The first-order valence-electron chi connectivity index (χ1n) is 14.0. The molecule has 0 N–H and O–H groups in total. The summed E-state index contributed by atoms with van der Waals surface area (Å²) in [4.78, 5) is 7.91. The predicted octanol–water partition coefficient (Wildman–Crippen LogP) is 8.11. The minimum atomic E-state index is 0.217. The molecule has 0 amide bonds. The summed E-state index contributed by atoms with van der Waals surface area (Å²) < 4.78 is 13.8. The molecule has 1 unspecified atom stereocenters. The normalized spacial score (nSPS) is 13.3. The molecule has 2 heterocycles. The number of rotatable bonds is 12. The molecule has 1 aliphatic heterocycles. The molecule has 5 rings (SSSR count). The monoisotopic (exact) mass is 509 g/mol. The molecule has 38 heavy (non-hydrogen) atoms. The van der Waals surface area contributed by atoms with Crippen molar-refractivity contribution >= 4 is 0 Å². The van der Waals surface area contributed by atoms with Gasteiger partial charge < -0.3 is 14.0 Å². The number of nitrogens with zero attached hydrogens (tertiary/aromatic N) is 3. The smallest absolute Gasteiger partial charge is 0.231 e. The molecule has 0 bridgehead atoms. The van der Waals surface area contributed by atoms with Crippen LogP contribution in [0.1, 0.15) is 63.8 Å². The van der Waals surface area contributed by atoms with Crippen molar-refractivity contribution in [1.82, 2.24) is 14.5 Å². The number of unbranched alkanes of at least 4 members (excludes halogenated alkanes) is 2. The van der Waals surface area contributed by atoms with Crippen LogP contribution in [0, 0.1) is 0 Å². The molecule has 4 aromatic rings. The predicted molar refractivity (Wildman–Crippen MR) is 154 cm³/mol. The van der Waals surface area contributed by atoms with E-state index in [0.29, 0.717) is 6.79 Å². The largest absolute Gasteiger partial charge is 0.454 e. The second kappa shape index (κ2) is 12.3. The van der Waals surface area contributed by atoms with E-state index in [9.17, 15) is 0 Å². The van der Waals surface area contributed by atoms with Crippen molar-refractivity contribution in [3.05, 3.63) is 90.1 Å². The Labute approximate surface area is 227 Å². The standard InChI is InChI=1S/C33H39N3O2/c1-4-6-20-35(25(3)28-18-19-30-31(22-28)38-24-37-30)23-29-32(26-14-10-8-11-15-26)34-33(36(29)21-7-5-2)27-16-12-9-13-17-27/h8-19,22,25H,4-7,20-21,23-24H2,1-3H3. The molecule has 0 spiro atoms. The average Bonchev–Trinajstić information content (AvgIpc) is 3.59. The quantitative estimate of drug-likeness (QED) is 0.193. The van der Waals surface area contributed by atoms with Gasteiger partial charge in [-0.25, -0.2) is 4.98 Å². The maximum Gasteiger partial charge on any atom is 0.231 e. The van der Waals surface area contributed by atoms with Crippen molar-refractivity contribution in [3.8, 4) is 34.1 Å². The number of aromatic nitrogens is 2. The van der Waals surface area contributed by atoms with Crippen LogP contribution >= 0.6 is 0 Å². The molecular weight excluding hydrogens is 470 g/mol. The Hall–Kier alpha value is -3.57. The van der Waals surface area contributed by atoms with E-state index < -0.39 is 0 Å². The average molecular weight is 510 g/mol. The van der Waals surface area contributed by atoms with Gasteiger partial charge in [0.05, 0.1) is 11.4 Å². The van der Waals surface area contributed by atoms with E-state index in [0.717, 1.165) is 73.9 Å². The second-order valence-corrected chi connectivity index (χ2v) is 10.1. The lowest BCUT2D eigenvalue weighted by molar-refractivity contribution is 0.173. The Morgan fingerprint density at radius 3 is 2.24 bits per heavy atom. The first kappa shape index (κ1) is 26.1. The summed E-state index contributed by atoms with van der Waals surface area (Å²) in [5.74, 6) is 2.73. The van der Waals surface area contributed by atoms with Gasteiger partial charge in [0.15, 0.2) is 11.5 Å². The third-order valence-corrected chi connectivity index (χ3v) is 7.47. The van der Waals surface area contributed by atoms with E-state index in [-0.39, 0.29) is 6.04 Å². The van der Waals surface area contributed by atoms with Crippen molar-refractivity contribution in [3.63, 3.8) is 0 Å². The van der Waals surface area contributed by atoms with Gasteiger partial charge in [-0.05, 0) is 44.0 Å². The molecule has 0 saturated heterocycles. The van der Waals surface area contributed by atoms with Crippen LogP contribution in [-0.2, 0) is 13.1 Å². The van der Waals surface area contributed by atoms with Crippen LogP contribution in [0.4, 0.5) is 0 Å². The highest BCUT2D eigenvalue weighted by Gasteiger charge is 2.25. The number of ether oxygens (including phenoxy) is 2. The maximum atomic E-state index is 5.71. The van der Waals surface area contributed by atoms with Gasteiger partial charge in [-0.3, -0.25) is 4.90 Å². The molecule has 5 nitrogen and oxygen atoms in total. The van der Waals surface area contributed by atoms with E-state index >= 15 is 0 Å². The summed E-state index contributed by atoms with van der Waals surface area (Å²) in [5.41, 5.74) is 5.94. The van der Waals surface area contributed by atoms with Crippen molar-refractivity contribution in [2.45, 2.75) is 65.6 Å². The Balaban J connectivity index is 1.59. The summed E-state index contributed by atoms with van der Waals surface area (Å²) in [7, 11) is 0. The number of imidazole rings is 1. The van der Waals surface area contributed by atoms with Crippen molar-refractivity contribution < 1.29 is 9.47 Å². The highest BCUT2D eigenvalue weighted by atomic mass is 16.7. The van der Waals surface area contributed by atoms with Gasteiger partial charge in [-0.15, -0.1) is 0 Å². The van der Waals surface area contributed by atoms with E-state index in [1.54, 1.807) is 0 Å². The highest BCUT2D eigenvalue weighted by Crippen LogP contribution is 2.37. The number of hydrogen-bond acceptors (Lipinski definition) is 4. The Kier molecular flexibility index (Phi) is 8.44. The Bertz CT molecular complexity index is 1320. The fourth-order valence-corrected chi connectivity index (χ4v) is 5.19. The van der Waals surface area contributed by atoms with Gasteiger partial charge in [0.1, 0.15) is 5.82 Å². The van der Waals surface area contributed by atoms with Gasteiger partial charge in [-0.2, -0.15) is 0 Å². The van der Waals surface area contributed by atoms with Gasteiger partial charge in [-0.1, -0.05) is 93.4 Å². The zero-order valence-electron chi connectivity index (χ0n) is 22.9. The summed E-state index contributed by atoms with van der Waals surface area (Å²) >= 11 is 0. The number of hydrogen-bond donors (Lipinski definition) is 0. The van der Waals surface area contributed by atoms with Gasteiger partial charge in [0, 0.05) is 30.3 Å². The molecule has 0 aliphatic carbocycles. The molecule has 0 fully saturated rings. The molecule has 1 aromatic heterocycles. The van der Waals surface area contributed by atoms with Crippen molar-refractivity contribution in [1.29, 1.82) is 0 Å². The summed E-state index contributed by atoms with van der Waals surface area (Å²) in [6, 6.07) is 27.9. The molecular formula is C33H39N3O2. The zero-order valence-corrected chi connectivity index (χ0v) is 22.9. The van der Waals surface area contributed by atoms with E-state index in [2.05, 4.69) is 103 Å². The first-order chi connectivity index (χ1) is 18.7. The Morgan fingerprint density at radius 1 is 0.842 bits per heavy atom. The number of fused-ring (bicyclic) bond motifs is 1. The Morgan fingerprint density at radius 2 is 1.53 bits per heavy atom. The summed E-state index contributed by atoms with van der Waals surface area (Å²) in [6.07, 6.45) is 4.55. The van der Waals surface area contributed by atoms with Crippen LogP contribution in [-0.4, -0.2) is 27.8 Å². The topological polar surface area (TPSA) is 39.5 Å². The minimum absolute atomic E-state index is 0.217. The lowest BCUT2D eigenvalue weighted by atomic mass is 10.0. The molecule has 1 atom stereocenters. The van der Waals surface area contributed by atoms with Crippen LogP contribution in [0.3, 0.4) is 0 Å². The summed E-state index contributed by atoms with van der Waals surface area (Å²) in [6.45, 7) is 9.91. The van der Waals surface area contributed by atoms with Gasteiger partial charge in [0.25, 0.3) is 0 Å². The van der Waals surface area contributed by atoms with Crippen LogP contribution in [0.15, 0.2) is 78.9 Å². The molecule has 0 saturated carbocycles. The molecule has 0 radical (unpaired) electrons. The summed E-state index contributed by atoms with van der Waals surface area (Å²) in [5, 5.41) is 0. The minimum Gasteiger partial charge on any atom is -0.454 e. The lowest BCUT2D eigenvalue weighted by Gasteiger charge is -2.30. The first-order valence-corrected chi connectivity index (χ1v) is 14.0. The van der Waals surface area contributed by atoms with Crippen LogP contribution in [0.2, 0.25) is 0 Å². The molecule has 198 valence electrons.